The van der Waals surface area contributed by atoms with Gasteiger partial charge in [-0.15, -0.1) is 4.68 Å². The van der Waals surface area contributed by atoms with Gasteiger partial charge in [-0.2, -0.15) is 4.68 Å². The molecule has 0 aliphatic carbocycles. The summed E-state index contributed by atoms with van der Waals surface area (Å²) in [7, 11) is 4.26. The molecule has 0 fully saturated rings. The van der Waals surface area contributed by atoms with Gasteiger partial charge < -0.3 is 0 Å². The van der Waals surface area contributed by atoms with E-state index in [0.717, 1.165) is 0 Å². The van der Waals surface area contributed by atoms with Crippen LogP contribution in [0.3, 0.4) is 0 Å². The predicted molar refractivity (Wildman–Crippen MR) is 84.5 cm³/mol. The van der Waals surface area contributed by atoms with Crippen LogP contribution in [0.15, 0.2) is 36.5 Å². The van der Waals surface area contributed by atoms with Gasteiger partial charge >= 0.3 is 0 Å². The average molecular weight is 271 g/mol. The van der Waals surface area contributed by atoms with E-state index in [4.69, 9.17) is 0 Å². The smallest absolute Gasteiger partial charge is 0.156 e. The highest BCUT2D eigenvalue weighted by Gasteiger charge is 2.17. The molecule has 0 aliphatic heterocycles. The first kappa shape index (κ1) is 14.8. The predicted octanol–water partition coefficient (Wildman–Crippen LogP) is 4.03. The second-order valence-corrected chi connectivity index (χ2v) is 5.63. The Morgan fingerprint density at radius 2 is 1.70 bits per heavy atom. The van der Waals surface area contributed by atoms with Crippen molar-refractivity contribution in [1.82, 2.24) is 4.68 Å². The highest BCUT2D eigenvalue weighted by molar-refractivity contribution is 5.62. The van der Waals surface area contributed by atoms with Gasteiger partial charge in [-0.1, -0.05) is 62.9 Å². The van der Waals surface area contributed by atoms with Crippen molar-refractivity contribution in [3.8, 4) is 11.3 Å². The largest absolute Gasteiger partial charge is 0.199 e. The topological polar surface area (TPSA) is 8.81 Å². The highest BCUT2D eigenvalue weighted by Crippen LogP contribution is 2.23. The van der Waals surface area contributed by atoms with Crippen LogP contribution in [-0.4, -0.2) is 4.68 Å². The molecule has 0 saturated heterocycles. The maximum Gasteiger partial charge on any atom is 0.199 e. The molecule has 0 amide bonds. The van der Waals surface area contributed by atoms with Gasteiger partial charge in [-0.25, -0.2) is 0 Å². The summed E-state index contributed by atoms with van der Waals surface area (Å²) in [5.74, 6) is 0. The Bertz CT molecular complexity index is 526. The van der Waals surface area contributed by atoms with Crippen molar-refractivity contribution >= 4 is 0 Å². The van der Waals surface area contributed by atoms with Crippen LogP contribution in [-0.2, 0) is 20.5 Å². The molecule has 0 unspecified atom stereocenters. The number of aromatic nitrogens is 2. The van der Waals surface area contributed by atoms with Gasteiger partial charge in [0.05, 0.1) is 7.05 Å². The second kappa shape index (κ2) is 7.28. The monoisotopic (exact) mass is 271 g/mol. The Hall–Kier alpha value is -1.57. The molecule has 1 aromatic heterocycles. The molecule has 108 valence electrons. The van der Waals surface area contributed by atoms with E-state index in [0.29, 0.717) is 0 Å². The zero-order valence-corrected chi connectivity index (χ0v) is 13.1. The lowest BCUT2D eigenvalue weighted by molar-refractivity contribution is -0.750. The highest BCUT2D eigenvalue weighted by atomic mass is 15.4. The first-order chi connectivity index (χ1) is 9.74. The molecule has 0 atom stereocenters. The molecule has 1 heterocycles. The minimum absolute atomic E-state index is 1.18. The second-order valence-electron chi connectivity index (χ2n) is 5.63. The molecule has 0 N–H and O–H groups in total. The van der Waals surface area contributed by atoms with Gasteiger partial charge in [0.2, 0.25) is 0 Å². The number of rotatable bonds is 7. The molecule has 0 saturated carbocycles. The fourth-order valence-corrected chi connectivity index (χ4v) is 2.81. The Morgan fingerprint density at radius 3 is 2.40 bits per heavy atom. The van der Waals surface area contributed by atoms with Crippen LogP contribution >= 0.6 is 0 Å². The fraction of sp³-hybridized carbons (Fsp3) is 0.500. The van der Waals surface area contributed by atoms with Gasteiger partial charge in [-0.3, -0.25) is 0 Å². The summed E-state index contributed by atoms with van der Waals surface area (Å²) in [5.41, 5.74) is 4.15. The van der Waals surface area contributed by atoms with Crippen molar-refractivity contribution in [3.63, 3.8) is 0 Å². The van der Waals surface area contributed by atoms with E-state index in [2.05, 4.69) is 66.9 Å². The lowest BCUT2D eigenvalue weighted by Crippen LogP contribution is -2.36. The standard InChI is InChI=1S/C18H27N2/c1-4-5-6-7-9-14-17-15-19(2)20(3)18(17)16-12-10-8-11-13-16/h8,10-13,15H,4-7,9,14H2,1-3H3/q+1. The summed E-state index contributed by atoms with van der Waals surface area (Å²) in [4.78, 5) is 0. The molecule has 1 aromatic carbocycles. The van der Waals surface area contributed by atoms with Crippen molar-refractivity contribution in [1.29, 1.82) is 0 Å². The van der Waals surface area contributed by atoms with E-state index in [9.17, 15) is 0 Å². The zero-order valence-electron chi connectivity index (χ0n) is 13.1. The van der Waals surface area contributed by atoms with Gasteiger partial charge in [0.15, 0.2) is 13.2 Å². The summed E-state index contributed by atoms with van der Waals surface area (Å²) < 4.78 is 4.43. The van der Waals surface area contributed by atoms with Crippen molar-refractivity contribution < 1.29 is 4.68 Å². The Kier molecular flexibility index (Phi) is 5.40. The summed E-state index contributed by atoms with van der Waals surface area (Å²) in [6.45, 7) is 2.27. The molecule has 2 aromatic rings. The summed E-state index contributed by atoms with van der Waals surface area (Å²) >= 11 is 0. The van der Waals surface area contributed by atoms with Crippen molar-refractivity contribution in [2.24, 2.45) is 14.1 Å². The summed E-state index contributed by atoms with van der Waals surface area (Å²) in [6.07, 6.45) is 10.2. The molecule has 2 rings (SSSR count). The number of aryl methyl sites for hydroxylation is 2. The molecule has 2 heteroatoms. The van der Waals surface area contributed by atoms with E-state index in [1.54, 1.807) is 0 Å². The fourth-order valence-electron chi connectivity index (χ4n) is 2.81. The quantitative estimate of drug-likeness (QED) is 0.531. The third kappa shape index (κ3) is 3.50. The third-order valence-corrected chi connectivity index (χ3v) is 4.04. The number of nitrogens with zero attached hydrogens (tertiary/aromatic N) is 2. The normalized spacial score (nSPS) is 10.9. The first-order valence-corrected chi connectivity index (χ1v) is 7.84. The SMILES string of the molecule is CCCCCCCc1c[n+](C)n(C)c1-c1ccccc1. The van der Waals surface area contributed by atoms with E-state index >= 15 is 0 Å². The van der Waals surface area contributed by atoms with Gasteiger partial charge in [-0.05, 0) is 12.8 Å². The van der Waals surface area contributed by atoms with Crippen molar-refractivity contribution in [2.75, 3.05) is 0 Å². The lowest BCUT2D eigenvalue weighted by Gasteiger charge is -2.04. The molecule has 0 radical (unpaired) electrons. The number of unbranched alkanes of at least 4 members (excludes halogenated alkanes) is 4. The Labute approximate surface area is 123 Å². The van der Waals surface area contributed by atoms with Gasteiger partial charge in [0.25, 0.3) is 0 Å². The van der Waals surface area contributed by atoms with Gasteiger partial charge in [0, 0.05) is 11.1 Å². The molecule has 0 spiro atoms. The average Bonchev–Trinajstić information content (AvgIpc) is 2.75. The van der Waals surface area contributed by atoms with E-state index in [1.165, 1.54) is 55.3 Å². The summed E-state index contributed by atoms with van der Waals surface area (Å²) in [5, 5.41) is 0. The van der Waals surface area contributed by atoms with Crippen LogP contribution in [0.1, 0.15) is 44.6 Å². The maximum atomic E-state index is 2.28. The number of hydrogen-bond donors (Lipinski definition) is 0. The van der Waals surface area contributed by atoms with Crippen LogP contribution in [0, 0.1) is 0 Å². The minimum Gasteiger partial charge on any atom is -0.156 e. The third-order valence-electron chi connectivity index (χ3n) is 4.04. The van der Waals surface area contributed by atoms with Crippen LogP contribution < -0.4 is 4.68 Å². The Balaban J connectivity index is 2.11. The van der Waals surface area contributed by atoms with E-state index < -0.39 is 0 Å². The molecule has 0 bridgehead atoms. The van der Waals surface area contributed by atoms with Gasteiger partial charge in [0.1, 0.15) is 5.69 Å². The molecule has 0 aliphatic rings. The summed E-state index contributed by atoms with van der Waals surface area (Å²) in [6, 6.07) is 10.7. The van der Waals surface area contributed by atoms with Crippen molar-refractivity contribution in [3.05, 3.63) is 42.1 Å². The number of hydrogen-bond acceptors (Lipinski definition) is 0. The van der Waals surface area contributed by atoms with E-state index in [-0.39, 0.29) is 0 Å². The first-order valence-electron chi connectivity index (χ1n) is 7.84. The minimum atomic E-state index is 1.18. The lowest BCUT2D eigenvalue weighted by atomic mass is 10.0. The van der Waals surface area contributed by atoms with Crippen molar-refractivity contribution in [2.45, 2.75) is 45.4 Å². The van der Waals surface area contributed by atoms with Crippen LogP contribution in [0.4, 0.5) is 0 Å². The molecule has 20 heavy (non-hydrogen) atoms. The van der Waals surface area contributed by atoms with Crippen LogP contribution in [0.2, 0.25) is 0 Å². The van der Waals surface area contributed by atoms with Crippen LogP contribution in [0.25, 0.3) is 11.3 Å². The zero-order chi connectivity index (χ0) is 14.4. The number of benzene rings is 1. The maximum absolute atomic E-state index is 2.28. The molecular weight excluding hydrogens is 244 g/mol. The van der Waals surface area contributed by atoms with E-state index in [1.807, 2.05) is 0 Å². The molecular formula is C18H27N2+. The van der Waals surface area contributed by atoms with Crippen LogP contribution in [0.5, 0.6) is 0 Å². The Morgan fingerprint density at radius 1 is 1.00 bits per heavy atom. The molecule has 2 nitrogen and oxygen atoms in total.